The fourth-order valence-electron chi connectivity index (χ4n) is 1.75. The first-order chi connectivity index (χ1) is 10.2. The average molecular weight is 290 g/mol. The summed E-state index contributed by atoms with van der Waals surface area (Å²) in [6, 6.07) is 4.05. The van der Waals surface area contributed by atoms with Crippen molar-refractivity contribution >= 4 is 5.96 Å². The number of nitrogens with zero attached hydrogens (tertiary/aromatic N) is 3. The summed E-state index contributed by atoms with van der Waals surface area (Å²) in [5.74, 6) is 2.86. The van der Waals surface area contributed by atoms with Crippen LogP contribution in [0.25, 0.3) is 11.6 Å². The molecule has 0 radical (unpaired) electrons. The van der Waals surface area contributed by atoms with Crippen LogP contribution < -0.4 is 10.6 Å². The zero-order valence-corrected chi connectivity index (χ0v) is 12.7. The second-order valence-corrected chi connectivity index (χ2v) is 4.79. The Kier molecular flexibility index (Phi) is 5.36. The van der Waals surface area contributed by atoms with Gasteiger partial charge in [-0.2, -0.15) is 5.10 Å². The normalized spacial score (nSPS) is 13.2. The maximum atomic E-state index is 5.26. The summed E-state index contributed by atoms with van der Waals surface area (Å²) >= 11 is 0. The van der Waals surface area contributed by atoms with Crippen LogP contribution in [0, 0.1) is 0 Å². The first-order valence-electron chi connectivity index (χ1n) is 7.15. The summed E-state index contributed by atoms with van der Waals surface area (Å²) in [6.07, 6.45) is 3.39. The standard InChI is InChI=1S/C14H22N6O/c1-4-10(2)17-14(15-3)16-8-7-12-18-13(20-19-12)11-6-5-9-21-11/h5-6,9-10H,4,7-8H2,1-3H3,(H2,15,16,17)(H,18,19,20). The number of H-pyrrole nitrogens is 1. The smallest absolute Gasteiger partial charge is 0.216 e. The van der Waals surface area contributed by atoms with Gasteiger partial charge in [-0.15, -0.1) is 0 Å². The molecule has 0 aliphatic carbocycles. The Balaban J connectivity index is 1.81. The Bertz CT molecular complexity index is 560. The maximum absolute atomic E-state index is 5.26. The molecule has 7 nitrogen and oxygen atoms in total. The third kappa shape index (κ3) is 4.34. The van der Waals surface area contributed by atoms with Crippen LogP contribution in [0.5, 0.6) is 0 Å². The van der Waals surface area contributed by atoms with Crippen molar-refractivity contribution in [2.75, 3.05) is 13.6 Å². The van der Waals surface area contributed by atoms with Crippen molar-refractivity contribution < 1.29 is 4.42 Å². The molecule has 2 heterocycles. The average Bonchev–Trinajstić information content (AvgIpc) is 3.16. The lowest BCUT2D eigenvalue weighted by Crippen LogP contribution is -2.42. The summed E-state index contributed by atoms with van der Waals surface area (Å²) < 4.78 is 5.26. The first-order valence-corrected chi connectivity index (χ1v) is 7.15. The van der Waals surface area contributed by atoms with E-state index in [9.17, 15) is 0 Å². The zero-order chi connectivity index (χ0) is 15.1. The lowest BCUT2D eigenvalue weighted by atomic mass is 10.3. The minimum absolute atomic E-state index is 0.395. The van der Waals surface area contributed by atoms with Crippen molar-refractivity contribution in [2.24, 2.45) is 4.99 Å². The van der Waals surface area contributed by atoms with E-state index in [1.54, 1.807) is 13.3 Å². The molecule has 21 heavy (non-hydrogen) atoms. The minimum Gasteiger partial charge on any atom is -0.461 e. The first kappa shape index (κ1) is 15.1. The Hall–Kier alpha value is -2.31. The highest BCUT2D eigenvalue weighted by Crippen LogP contribution is 2.14. The predicted octanol–water partition coefficient (Wildman–Crippen LogP) is 1.57. The molecule has 0 aliphatic rings. The van der Waals surface area contributed by atoms with Crippen LogP contribution in [0.15, 0.2) is 27.8 Å². The van der Waals surface area contributed by atoms with Crippen LogP contribution >= 0.6 is 0 Å². The van der Waals surface area contributed by atoms with Crippen LogP contribution in [0.4, 0.5) is 0 Å². The summed E-state index contributed by atoms with van der Waals surface area (Å²) in [4.78, 5) is 8.58. The molecule has 0 bridgehead atoms. The quantitative estimate of drug-likeness (QED) is 0.555. The van der Waals surface area contributed by atoms with Crippen LogP contribution in [-0.2, 0) is 6.42 Å². The van der Waals surface area contributed by atoms with E-state index in [1.807, 2.05) is 12.1 Å². The zero-order valence-electron chi connectivity index (χ0n) is 12.7. The molecule has 0 aromatic carbocycles. The SMILES string of the molecule is CCC(C)NC(=NC)NCCc1nc(-c2ccco2)n[nH]1. The van der Waals surface area contributed by atoms with E-state index in [0.717, 1.165) is 31.2 Å². The molecule has 0 fully saturated rings. The van der Waals surface area contributed by atoms with Crippen LogP contribution in [0.3, 0.4) is 0 Å². The van der Waals surface area contributed by atoms with Gasteiger partial charge in [0.25, 0.3) is 0 Å². The van der Waals surface area contributed by atoms with Crippen molar-refractivity contribution in [1.82, 2.24) is 25.8 Å². The van der Waals surface area contributed by atoms with Gasteiger partial charge in [0.2, 0.25) is 5.82 Å². The van der Waals surface area contributed by atoms with E-state index in [4.69, 9.17) is 4.42 Å². The summed E-state index contributed by atoms with van der Waals surface area (Å²) in [7, 11) is 1.77. The van der Waals surface area contributed by atoms with Gasteiger partial charge in [-0.3, -0.25) is 10.1 Å². The summed E-state index contributed by atoms with van der Waals surface area (Å²) in [5.41, 5.74) is 0. The Labute approximate surface area is 124 Å². The molecule has 0 saturated heterocycles. The molecule has 3 N–H and O–H groups in total. The molecule has 0 amide bonds. The number of hydrogen-bond donors (Lipinski definition) is 3. The molecule has 114 valence electrons. The van der Waals surface area contributed by atoms with Gasteiger partial charge in [0, 0.05) is 26.1 Å². The second kappa shape index (κ2) is 7.47. The van der Waals surface area contributed by atoms with E-state index < -0.39 is 0 Å². The van der Waals surface area contributed by atoms with E-state index in [1.165, 1.54) is 0 Å². The minimum atomic E-state index is 0.395. The number of aliphatic imine (C=N–C) groups is 1. The van der Waals surface area contributed by atoms with Gasteiger partial charge in [-0.1, -0.05) is 6.92 Å². The molecular weight excluding hydrogens is 268 g/mol. The number of hydrogen-bond acceptors (Lipinski definition) is 4. The second-order valence-electron chi connectivity index (χ2n) is 4.79. The van der Waals surface area contributed by atoms with E-state index in [-0.39, 0.29) is 0 Å². The number of nitrogens with one attached hydrogen (secondary N) is 3. The molecule has 0 aliphatic heterocycles. The largest absolute Gasteiger partial charge is 0.461 e. The van der Waals surface area contributed by atoms with Gasteiger partial charge in [0.05, 0.1) is 6.26 Å². The highest BCUT2D eigenvalue weighted by molar-refractivity contribution is 5.79. The Morgan fingerprint density at radius 2 is 2.38 bits per heavy atom. The van der Waals surface area contributed by atoms with Gasteiger partial charge in [-0.05, 0) is 25.5 Å². The van der Waals surface area contributed by atoms with Crippen LogP contribution in [0.2, 0.25) is 0 Å². The summed E-state index contributed by atoms with van der Waals surface area (Å²) in [6.45, 7) is 4.98. The van der Waals surface area contributed by atoms with Gasteiger partial charge in [-0.25, -0.2) is 4.98 Å². The highest BCUT2D eigenvalue weighted by Gasteiger charge is 2.08. The number of rotatable bonds is 6. The molecule has 1 atom stereocenters. The summed E-state index contributed by atoms with van der Waals surface area (Å²) in [5, 5.41) is 13.6. The van der Waals surface area contributed by atoms with Gasteiger partial charge >= 0.3 is 0 Å². The molecule has 2 aromatic heterocycles. The lowest BCUT2D eigenvalue weighted by Gasteiger charge is -2.15. The topological polar surface area (TPSA) is 91.1 Å². The molecule has 0 saturated carbocycles. The van der Waals surface area contributed by atoms with E-state index in [0.29, 0.717) is 17.6 Å². The van der Waals surface area contributed by atoms with E-state index in [2.05, 4.69) is 44.7 Å². The number of aromatic amines is 1. The predicted molar refractivity (Wildman–Crippen MR) is 82.0 cm³/mol. The Morgan fingerprint density at radius 3 is 3.05 bits per heavy atom. The van der Waals surface area contributed by atoms with Gasteiger partial charge < -0.3 is 15.1 Å². The lowest BCUT2D eigenvalue weighted by molar-refractivity contribution is 0.577. The fraction of sp³-hybridized carbons (Fsp3) is 0.500. The monoisotopic (exact) mass is 290 g/mol. The molecule has 1 unspecified atom stereocenters. The van der Waals surface area contributed by atoms with Crippen LogP contribution in [0.1, 0.15) is 26.1 Å². The van der Waals surface area contributed by atoms with Crippen molar-refractivity contribution in [3.8, 4) is 11.6 Å². The number of furan rings is 1. The van der Waals surface area contributed by atoms with Gasteiger partial charge in [0.15, 0.2) is 11.7 Å². The van der Waals surface area contributed by atoms with Crippen molar-refractivity contribution in [3.05, 3.63) is 24.2 Å². The fourth-order valence-corrected chi connectivity index (χ4v) is 1.75. The molecule has 0 spiro atoms. The van der Waals surface area contributed by atoms with Crippen LogP contribution in [-0.4, -0.2) is 40.8 Å². The Morgan fingerprint density at radius 1 is 1.52 bits per heavy atom. The number of aromatic nitrogens is 3. The van der Waals surface area contributed by atoms with Crippen molar-refractivity contribution in [3.63, 3.8) is 0 Å². The van der Waals surface area contributed by atoms with E-state index >= 15 is 0 Å². The maximum Gasteiger partial charge on any atom is 0.216 e. The van der Waals surface area contributed by atoms with Crippen molar-refractivity contribution in [2.45, 2.75) is 32.7 Å². The molecule has 2 aromatic rings. The van der Waals surface area contributed by atoms with Crippen molar-refractivity contribution in [1.29, 1.82) is 0 Å². The third-order valence-corrected chi connectivity index (χ3v) is 3.15. The molecule has 7 heteroatoms. The van der Waals surface area contributed by atoms with Gasteiger partial charge in [0.1, 0.15) is 5.82 Å². The highest BCUT2D eigenvalue weighted by atomic mass is 16.3. The molecular formula is C14H22N6O. The third-order valence-electron chi connectivity index (χ3n) is 3.15. The number of guanidine groups is 1. The molecule has 2 rings (SSSR count).